The molecule has 1 aromatic heterocycles. The maximum atomic E-state index is 12.8. The largest absolute Gasteiger partial charge is 0.288 e. The predicted molar refractivity (Wildman–Crippen MR) is 85.6 cm³/mol. The summed E-state index contributed by atoms with van der Waals surface area (Å²) in [7, 11) is 0. The summed E-state index contributed by atoms with van der Waals surface area (Å²) in [4.78, 5) is 12.8. The maximum Gasteiger partial charge on any atom is 0.197 e. The van der Waals surface area contributed by atoms with Crippen LogP contribution in [0.15, 0.2) is 47.3 Å². The fourth-order valence-corrected chi connectivity index (χ4v) is 2.98. The zero-order chi connectivity index (χ0) is 14.1. The molecule has 3 aromatic rings. The third kappa shape index (κ3) is 2.01. The number of benzene rings is 2. The Kier molecular flexibility index (Phi) is 3.49. The van der Waals surface area contributed by atoms with E-state index in [1.807, 2.05) is 42.5 Å². The lowest BCUT2D eigenvalue weighted by molar-refractivity contribution is 0.798. The number of para-hydroxylation sites is 1. The fourth-order valence-electron chi connectivity index (χ4n) is 2.69. The van der Waals surface area contributed by atoms with Crippen molar-refractivity contribution >= 4 is 33.6 Å². The monoisotopic (exact) mass is 285 g/mol. The molecule has 0 N–H and O–H groups in total. The zero-order valence-corrected chi connectivity index (χ0v) is 12.2. The van der Waals surface area contributed by atoms with Crippen molar-refractivity contribution in [2.75, 3.05) is 0 Å². The van der Waals surface area contributed by atoms with Gasteiger partial charge in [-0.25, -0.2) is 0 Å². The van der Waals surface area contributed by atoms with Gasteiger partial charge in [-0.3, -0.25) is 8.88 Å². The first-order valence-corrected chi connectivity index (χ1v) is 7.29. The Morgan fingerprint density at radius 3 is 2.60 bits per heavy atom. The molecule has 0 atom stereocenters. The van der Waals surface area contributed by atoms with Gasteiger partial charge in [0.2, 0.25) is 0 Å². The quantitative estimate of drug-likeness (QED) is 0.650. The van der Waals surface area contributed by atoms with Crippen molar-refractivity contribution in [2.45, 2.75) is 26.2 Å². The van der Waals surface area contributed by atoms with Gasteiger partial charge in [-0.05, 0) is 36.6 Å². The highest BCUT2D eigenvalue weighted by molar-refractivity contribution is 6.23. The predicted octanol–water partition coefficient (Wildman–Crippen LogP) is 4.50. The molecule has 0 amide bonds. The number of hydrogen-bond acceptors (Lipinski definition) is 1. The summed E-state index contributed by atoms with van der Waals surface area (Å²) in [5, 5.41) is 1.44. The van der Waals surface area contributed by atoms with Crippen LogP contribution in [0.3, 0.4) is 0 Å². The Morgan fingerprint density at radius 1 is 1.05 bits per heavy atom. The number of halogens is 1. The van der Waals surface area contributed by atoms with Crippen LogP contribution in [0, 0.1) is 0 Å². The minimum atomic E-state index is 0.0826. The molecule has 20 heavy (non-hydrogen) atoms. The average Bonchev–Trinajstić information content (AvgIpc) is 2.50. The van der Waals surface area contributed by atoms with E-state index in [9.17, 15) is 4.79 Å². The number of aromatic nitrogens is 1. The second kappa shape index (κ2) is 5.29. The molecule has 3 rings (SSSR count). The Balaban J connectivity index is 2.43. The molecular formula is C17H16ClNO. The van der Waals surface area contributed by atoms with E-state index in [-0.39, 0.29) is 5.43 Å². The highest BCUT2D eigenvalue weighted by atomic mass is 35.5. The van der Waals surface area contributed by atoms with E-state index >= 15 is 0 Å². The number of unbranched alkanes of at least 4 members (excludes halogenated alkanes) is 1. The van der Waals surface area contributed by atoms with E-state index in [1.165, 1.54) is 0 Å². The highest BCUT2D eigenvalue weighted by Gasteiger charge is 2.12. The average molecular weight is 286 g/mol. The third-order valence-electron chi connectivity index (χ3n) is 3.73. The van der Waals surface area contributed by atoms with E-state index in [4.69, 9.17) is 11.8 Å². The van der Waals surface area contributed by atoms with Crippen LogP contribution in [0.5, 0.6) is 0 Å². The van der Waals surface area contributed by atoms with Gasteiger partial charge < -0.3 is 0 Å². The van der Waals surface area contributed by atoms with Gasteiger partial charge in [0.1, 0.15) is 0 Å². The number of nitrogens with zero attached hydrogens (tertiary/aromatic N) is 1. The summed E-state index contributed by atoms with van der Waals surface area (Å²) in [6.07, 6.45) is 3.10. The minimum Gasteiger partial charge on any atom is -0.288 e. The number of pyridine rings is 1. The molecule has 0 radical (unpaired) electrons. The molecule has 0 aliphatic rings. The lowest BCUT2D eigenvalue weighted by atomic mass is 10.0. The van der Waals surface area contributed by atoms with E-state index < -0.39 is 0 Å². The SMILES string of the molecule is CCCCc1cccc2c1c(=O)c1ccccc1n2Cl. The van der Waals surface area contributed by atoms with Crippen molar-refractivity contribution in [3.63, 3.8) is 0 Å². The normalized spacial score (nSPS) is 11.3. The van der Waals surface area contributed by atoms with Gasteiger partial charge >= 0.3 is 0 Å². The van der Waals surface area contributed by atoms with E-state index in [0.717, 1.165) is 41.2 Å². The van der Waals surface area contributed by atoms with Gasteiger partial charge in [0.25, 0.3) is 0 Å². The summed E-state index contributed by atoms with van der Waals surface area (Å²) in [6.45, 7) is 2.15. The summed E-state index contributed by atoms with van der Waals surface area (Å²) in [6, 6.07) is 13.4. The minimum absolute atomic E-state index is 0.0826. The standard InChI is InChI=1S/C17H16ClNO/c1-2-3-7-12-8-6-11-15-16(12)17(20)13-9-4-5-10-14(13)19(15)18/h4-6,8-11H,2-3,7H2,1H3. The van der Waals surface area contributed by atoms with Crippen LogP contribution < -0.4 is 5.43 Å². The van der Waals surface area contributed by atoms with Gasteiger partial charge in [0.05, 0.1) is 16.4 Å². The molecule has 2 aromatic carbocycles. The molecule has 0 saturated heterocycles. The molecule has 102 valence electrons. The summed E-state index contributed by atoms with van der Waals surface area (Å²) >= 11 is 6.43. The van der Waals surface area contributed by atoms with Crippen molar-refractivity contribution < 1.29 is 0 Å². The summed E-state index contributed by atoms with van der Waals surface area (Å²) in [5.41, 5.74) is 2.73. The van der Waals surface area contributed by atoms with Crippen LogP contribution in [0.4, 0.5) is 0 Å². The Hall–Kier alpha value is -1.80. The van der Waals surface area contributed by atoms with Crippen LogP contribution in [-0.4, -0.2) is 4.09 Å². The van der Waals surface area contributed by atoms with E-state index in [0.29, 0.717) is 5.39 Å². The zero-order valence-electron chi connectivity index (χ0n) is 11.4. The Bertz CT molecular complexity index is 835. The molecule has 2 nitrogen and oxygen atoms in total. The van der Waals surface area contributed by atoms with Crippen molar-refractivity contribution in [1.29, 1.82) is 0 Å². The van der Waals surface area contributed by atoms with Gasteiger partial charge in [-0.1, -0.05) is 37.6 Å². The first-order valence-electron chi connectivity index (χ1n) is 6.95. The molecular weight excluding hydrogens is 270 g/mol. The van der Waals surface area contributed by atoms with Gasteiger partial charge in [-0.2, -0.15) is 0 Å². The molecule has 0 bridgehead atoms. The van der Waals surface area contributed by atoms with Gasteiger partial charge in [0, 0.05) is 17.2 Å². The van der Waals surface area contributed by atoms with Crippen LogP contribution in [-0.2, 0) is 6.42 Å². The molecule has 0 saturated carbocycles. The first-order chi connectivity index (χ1) is 9.74. The van der Waals surface area contributed by atoms with E-state index in [2.05, 4.69) is 6.92 Å². The van der Waals surface area contributed by atoms with Crippen molar-refractivity contribution in [2.24, 2.45) is 0 Å². The Morgan fingerprint density at radius 2 is 1.80 bits per heavy atom. The first kappa shape index (κ1) is 13.2. The number of hydrogen-bond donors (Lipinski definition) is 0. The topological polar surface area (TPSA) is 22.0 Å². The van der Waals surface area contributed by atoms with Crippen LogP contribution in [0.1, 0.15) is 25.3 Å². The molecule has 0 unspecified atom stereocenters. The highest BCUT2D eigenvalue weighted by Crippen LogP contribution is 2.23. The van der Waals surface area contributed by atoms with Crippen LogP contribution >= 0.6 is 11.8 Å². The molecule has 0 spiro atoms. The Labute approximate surface area is 122 Å². The molecule has 0 aliphatic heterocycles. The number of fused-ring (bicyclic) bond motifs is 2. The molecule has 0 fully saturated rings. The van der Waals surface area contributed by atoms with Crippen LogP contribution in [0.2, 0.25) is 0 Å². The summed E-state index contributed by atoms with van der Waals surface area (Å²) in [5.74, 6) is 0. The molecule has 0 aliphatic carbocycles. The summed E-state index contributed by atoms with van der Waals surface area (Å²) < 4.78 is 1.60. The van der Waals surface area contributed by atoms with E-state index in [1.54, 1.807) is 4.09 Å². The number of rotatable bonds is 3. The van der Waals surface area contributed by atoms with Crippen molar-refractivity contribution in [3.8, 4) is 0 Å². The lowest BCUT2D eigenvalue weighted by Crippen LogP contribution is -2.09. The molecule has 3 heteroatoms. The molecule has 1 heterocycles. The smallest absolute Gasteiger partial charge is 0.197 e. The van der Waals surface area contributed by atoms with Crippen molar-refractivity contribution in [3.05, 3.63) is 58.3 Å². The van der Waals surface area contributed by atoms with Crippen molar-refractivity contribution in [1.82, 2.24) is 4.09 Å². The second-order valence-electron chi connectivity index (χ2n) is 5.04. The van der Waals surface area contributed by atoms with Gasteiger partial charge in [0.15, 0.2) is 5.43 Å². The number of aryl methyl sites for hydroxylation is 1. The third-order valence-corrected chi connectivity index (χ3v) is 4.09. The van der Waals surface area contributed by atoms with Gasteiger partial charge in [-0.15, -0.1) is 0 Å². The lowest BCUT2D eigenvalue weighted by Gasteiger charge is -2.11. The second-order valence-corrected chi connectivity index (χ2v) is 5.38. The fraction of sp³-hybridized carbons (Fsp3) is 0.235. The van der Waals surface area contributed by atoms with Crippen LogP contribution in [0.25, 0.3) is 21.8 Å². The maximum absolute atomic E-state index is 12.8.